The molecule has 0 aromatic heterocycles. The van der Waals surface area contributed by atoms with E-state index in [0.29, 0.717) is 10.2 Å². The van der Waals surface area contributed by atoms with Crippen LogP contribution in [0, 0.1) is 6.92 Å². The molecule has 2 atom stereocenters. The third-order valence-electron chi connectivity index (χ3n) is 2.81. The zero-order valence-corrected chi connectivity index (χ0v) is 9.06. The van der Waals surface area contributed by atoms with Crippen molar-refractivity contribution in [2.75, 3.05) is 0 Å². The molecule has 1 aliphatic carbocycles. The molecular weight excluding hydrogens is 212 g/mol. The van der Waals surface area contributed by atoms with Crippen molar-refractivity contribution in [2.24, 2.45) is 0 Å². The maximum atomic E-state index is 3.67. The fourth-order valence-corrected chi connectivity index (χ4v) is 2.55. The lowest BCUT2D eigenvalue weighted by Gasteiger charge is -2.09. The summed E-state index contributed by atoms with van der Waals surface area (Å²) >= 11 is 3.67. The lowest BCUT2D eigenvalue weighted by atomic mass is 9.97. The summed E-state index contributed by atoms with van der Waals surface area (Å²) in [5.41, 5.74) is 3.25. The molecule has 1 aromatic carbocycles. The Hall–Kier alpha value is -0.300. The van der Waals surface area contributed by atoms with Crippen LogP contribution in [0.5, 0.6) is 0 Å². The minimum Gasteiger partial charge on any atom is -0.0881 e. The molecule has 0 bridgehead atoms. The lowest BCUT2D eigenvalue weighted by Crippen LogP contribution is -2.03. The summed E-state index contributed by atoms with van der Waals surface area (Å²) < 4.78 is 0. The van der Waals surface area contributed by atoms with E-state index in [1.807, 2.05) is 0 Å². The second-order valence-electron chi connectivity index (χ2n) is 3.96. The zero-order valence-electron chi connectivity index (χ0n) is 7.47. The van der Waals surface area contributed by atoms with Crippen LogP contribution in [0.4, 0.5) is 0 Å². The molecule has 1 saturated carbocycles. The quantitative estimate of drug-likeness (QED) is 0.642. The molecule has 0 spiro atoms. The van der Waals surface area contributed by atoms with Crippen molar-refractivity contribution >= 4 is 15.9 Å². The van der Waals surface area contributed by atoms with E-state index in [-0.39, 0.29) is 0 Å². The Labute approximate surface area is 82.1 Å². The van der Waals surface area contributed by atoms with E-state index >= 15 is 0 Å². The van der Waals surface area contributed by atoms with Gasteiger partial charge in [0.05, 0.1) is 0 Å². The third-order valence-corrected chi connectivity index (χ3v) is 4.15. The van der Waals surface area contributed by atoms with Crippen LogP contribution in [0.15, 0.2) is 24.3 Å². The Morgan fingerprint density at radius 1 is 1.50 bits per heavy atom. The van der Waals surface area contributed by atoms with E-state index in [2.05, 4.69) is 54.0 Å². The average molecular weight is 225 g/mol. The van der Waals surface area contributed by atoms with Gasteiger partial charge in [-0.05, 0) is 18.9 Å². The molecule has 0 aliphatic heterocycles. The number of aryl methyl sites for hydroxylation is 1. The summed E-state index contributed by atoms with van der Waals surface area (Å²) in [4.78, 5) is 0.687. The van der Waals surface area contributed by atoms with Crippen molar-refractivity contribution in [3.8, 4) is 0 Å². The summed E-state index contributed by atoms with van der Waals surface area (Å²) in [6, 6.07) is 8.82. The van der Waals surface area contributed by atoms with Crippen LogP contribution in [0.3, 0.4) is 0 Å². The highest BCUT2D eigenvalue weighted by Crippen LogP contribution is 2.52. The molecular formula is C11H13Br. The van der Waals surface area contributed by atoms with Gasteiger partial charge in [-0.1, -0.05) is 52.7 Å². The molecule has 0 radical (unpaired) electrons. The first-order valence-electron chi connectivity index (χ1n) is 4.34. The Morgan fingerprint density at radius 2 is 2.17 bits per heavy atom. The van der Waals surface area contributed by atoms with Crippen molar-refractivity contribution in [2.45, 2.75) is 30.5 Å². The van der Waals surface area contributed by atoms with Gasteiger partial charge in [0, 0.05) is 10.2 Å². The molecule has 2 rings (SSSR count). The van der Waals surface area contributed by atoms with E-state index in [1.165, 1.54) is 17.5 Å². The third kappa shape index (κ3) is 1.20. The Morgan fingerprint density at radius 3 is 2.67 bits per heavy atom. The van der Waals surface area contributed by atoms with Gasteiger partial charge in [-0.2, -0.15) is 0 Å². The first kappa shape index (κ1) is 8.31. The van der Waals surface area contributed by atoms with Crippen molar-refractivity contribution in [1.82, 2.24) is 0 Å². The molecule has 2 unspecified atom stereocenters. The largest absolute Gasteiger partial charge is 0.0881 e. The van der Waals surface area contributed by atoms with E-state index in [9.17, 15) is 0 Å². The van der Waals surface area contributed by atoms with Crippen LogP contribution >= 0.6 is 15.9 Å². The molecule has 64 valence electrons. The highest BCUT2D eigenvalue weighted by atomic mass is 79.9. The van der Waals surface area contributed by atoms with Gasteiger partial charge in [0.25, 0.3) is 0 Å². The van der Waals surface area contributed by atoms with Crippen molar-refractivity contribution in [3.05, 3.63) is 35.4 Å². The Balaban J connectivity index is 2.36. The minimum absolute atomic E-state index is 0.409. The van der Waals surface area contributed by atoms with Crippen LogP contribution in [0.1, 0.15) is 24.5 Å². The molecule has 1 heteroatoms. The zero-order chi connectivity index (χ0) is 8.77. The predicted octanol–water partition coefficient (Wildman–Crippen LogP) is 3.42. The first-order chi connectivity index (χ1) is 5.63. The van der Waals surface area contributed by atoms with Crippen LogP contribution in [0.25, 0.3) is 0 Å². The second kappa shape index (κ2) is 2.59. The van der Waals surface area contributed by atoms with Crippen LogP contribution in [-0.2, 0) is 5.41 Å². The number of alkyl halides is 1. The van der Waals surface area contributed by atoms with Crippen molar-refractivity contribution < 1.29 is 0 Å². The molecule has 0 amide bonds. The molecule has 1 aliphatic rings. The molecule has 0 heterocycles. The monoisotopic (exact) mass is 224 g/mol. The molecule has 0 N–H and O–H groups in total. The van der Waals surface area contributed by atoms with E-state index in [4.69, 9.17) is 0 Å². The molecule has 1 aromatic rings. The molecule has 0 nitrogen and oxygen atoms in total. The highest BCUT2D eigenvalue weighted by Gasteiger charge is 2.49. The summed E-state index contributed by atoms with van der Waals surface area (Å²) in [5, 5.41) is 0. The molecule has 0 saturated heterocycles. The van der Waals surface area contributed by atoms with Crippen LogP contribution in [-0.4, -0.2) is 4.83 Å². The van der Waals surface area contributed by atoms with Crippen molar-refractivity contribution in [1.29, 1.82) is 0 Å². The lowest BCUT2D eigenvalue weighted by molar-refractivity contribution is 0.793. The van der Waals surface area contributed by atoms with Gasteiger partial charge in [0.15, 0.2) is 0 Å². The van der Waals surface area contributed by atoms with E-state index in [1.54, 1.807) is 0 Å². The molecule has 12 heavy (non-hydrogen) atoms. The van der Waals surface area contributed by atoms with E-state index in [0.717, 1.165) is 0 Å². The second-order valence-corrected chi connectivity index (χ2v) is 5.06. The number of rotatable bonds is 1. The smallest absolute Gasteiger partial charge is 0.0249 e. The molecule has 1 fully saturated rings. The Bertz CT molecular complexity index is 306. The first-order valence-corrected chi connectivity index (χ1v) is 5.26. The fraction of sp³-hybridized carbons (Fsp3) is 0.455. The van der Waals surface area contributed by atoms with Gasteiger partial charge in [-0.25, -0.2) is 0 Å². The number of hydrogen-bond acceptors (Lipinski definition) is 0. The normalized spacial score (nSPS) is 33.4. The number of hydrogen-bond donors (Lipinski definition) is 0. The topological polar surface area (TPSA) is 0 Å². The maximum Gasteiger partial charge on any atom is 0.0249 e. The fourth-order valence-electron chi connectivity index (χ4n) is 1.61. The van der Waals surface area contributed by atoms with Crippen LogP contribution in [0.2, 0.25) is 0 Å². The summed E-state index contributed by atoms with van der Waals surface area (Å²) in [7, 11) is 0. The summed E-state index contributed by atoms with van der Waals surface area (Å²) in [6.07, 6.45) is 1.27. The highest BCUT2D eigenvalue weighted by molar-refractivity contribution is 9.09. The maximum absolute atomic E-state index is 3.67. The summed E-state index contributed by atoms with van der Waals surface area (Å²) in [6.45, 7) is 4.47. The average Bonchev–Trinajstić information content (AvgIpc) is 2.61. The van der Waals surface area contributed by atoms with Crippen molar-refractivity contribution in [3.63, 3.8) is 0 Å². The van der Waals surface area contributed by atoms with Gasteiger partial charge < -0.3 is 0 Å². The van der Waals surface area contributed by atoms with Gasteiger partial charge >= 0.3 is 0 Å². The minimum atomic E-state index is 0.409. The van der Waals surface area contributed by atoms with Gasteiger partial charge in [0.1, 0.15) is 0 Å². The van der Waals surface area contributed by atoms with Gasteiger partial charge in [0.2, 0.25) is 0 Å². The predicted molar refractivity (Wildman–Crippen MR) is 55.9 cm³/mol. The van der Waals surface area contributed by atoms with Gasteiger partial charge in [-0.15, -0.1) is 0 Å². The summed E-state index contributed by atoms with van der Waals surface area (Å²) in [5.74, 6) is 0. The van der Waals surface area contributed by atoms with Gasteiger partial charge in [-0.3, -0.25) is 0 Å². The standard InChI is InChI=1S/C11H13Br/c1-8-4-3-5-9(6-8)11(2)7-10(11)12/h3-6,10H,7H2,1-2H3. The van der Waals surface area contributed by atoms with E-state index < -0.39 is 0 Å². The number of benzene rings is 1. The van der Waals surface area contributed by atoms with Crippen LogP contribution < -0.4 is 0 Å². The Kier molecular flexibility index (Phi) is 1.80. The number of halogens is 1. The SMILES string of the molecule is Cc1cccc(C2(C)CC2Br)c1.